The highest BCUT2D eigenvalue weighted by Crippen LogP contribution is 2.42. The van der Waals surface area contributed by atoms with E-state index in [2.05, 4.69) is 15.1 Å². The van der Waals surface area contributed by atoms with Crippen molar-refractivity contribution in [2.45, 2.75) is 13.0 Å². The lowest BCUT2D eigenvalue weighted by atomic mass is 9.75. The first kappa shape index (κ1) is 15.7. The first-order valence-electron chi connectivity index (χ1n) is 8.39. The summed E-state index contributed by atoms with van der Waals surface area (Å²) < 4.78 is 18.7. The quantitative estimate of drug-likeness (QED) is 0.900. The Morgan fingerprint density at radius 3 is 2.96 bits per heavy atom. The molecule has 24 heavy (non-hydrogen) atoms. The second kappa shape index (κ2) is 6.27. The molecule has 6 heteroatoms. The minimum absolute atomic E-state index is 0.0297. The standard InChI is InChI=1S/C18H22FN3O2/c19-16-3-1-13(2-4-16)17-14(7-20-21-17)8-22-9-15-10-24-6-5-18(15,11-22)12-23/h1-4,7,15,23H,5-6,8-12H2,(H,20,21)/t15-,18-/m1/s1. The van der Waals surface area contributed by atoms with Gasteiger partial charge in [0.1, 0.15) is 5.82 Å². The molecule has 2 aliphatic rings. The van der Waals surface area contributed by atoms with Crippen LogP contribution in [0.2, 0.25) is 0 Å². The molecule has 1 aromatic heterocycles. The van der Waals surface area contributed by atoms with Crippen molar-refractivity contribution in [1.29, 1.82) is 0 Å². The fourth-order valence-corrected chi connectivity index (χ4v) is 4.07. The normalized spacial score (nSPS) is 27.3. The number of aromatic amines is 1. The summed E-state index contributed by atoms with van der Waals surface area (Å²) in [6.07, 6.45) is 2.75. The van der Waals surface area contributed by atoms with Crippen LogP contribution in [0.4, 0.5) is 4.39 Å². The topological polar surface area (TPSA) is 61.4 Å². The van der Waals surface area contributed by atoms with Gasteiger partial charge >= 0.3 is 0 Å². The first-order chi connectivity index (χ1) is 11.7. The van der Waals surface area contributed by atoms with E-state index in [1.807, 2.05) is 6.20 Å². The summed E-state index contributed by atoms with van der Waals surface area (Å²) in [5.41, 5.74) is 2.92. The van der Waals surface area contributed by atoms with Crippen molar-refractivity contribution in [3.05, 3.63) is 41.8 Å². The number of likely N-dealkylation sites (tertiary alicyclic amines) is 1. The average Bonchev–Trinajstić information content (AvgIpc) is 3.20. The van der Waals surface area contributed by atoms with Crippen LogP contribution in [0.1, 0.15) is 12.0 Å². The predicted molar refractivity (Wildman–Crippen MR) is 87.7 cm³/mol. The molecule has 2 atom stereocenters. The minimum atomic E-state index is -0.242. The number of hydrogen-bond acceptors (Lipinski definition) is 4. The van der Waals surface area contributed by atoms with Crippen LogP contribution < -0.4 is 0 Å². The van der Waals surface area contributed by atoms with E-state index in [-0.39, 0.29) is 17.8 Å². The molecule has 1 aromatic carbocycles. The van der Waals surface area contributed by atoms with E-state index < -0.39 is 0 Å². The number of nitrogens with zero attached hydrogens (tertiary/aromatic N) is 2. The van der Waals surface area contributed by atoms with Crippen molar-refractivity contribution in [3.63, 3.8) is 0 Å². The number of fused-ring (bicyclic) bond motifs is 1. The fourth-order valence-electron chi connectivity index (χ4n) is 4.07. The molecule has 2 fully saturated rings. The van der Waals surface area contributed by atoms with E-state index in [4.69, 9.17) is 4.74 Å². The monoisotopic (exact) mass is 331 g/mol. The molecule has 3 heterocycles. The maximum absolute atomic E-state index is 13.1. The maximum Gasteiger partial charge on any atom is 0.123 e. The van der Waals surface area contributed by atoms with Gasteiger partial charge in [-0.25, -0.2) is 4.39 Å². The van der Waals surface area contributed by atoms with Gasteiger partial charge in [-0.1, -0.05) is 0 Å². The Kier molecular flexibility index (Phi) is 4.12. The SMILES string of the molecule is OC[C@]12CCOC[C@H]1CN(Cc1cn[nH]c1-c1ccc(F)cc1)C2. The molecule has 2 saturated heterocycles. The number of ether oxygens (including phenoxy) is 1. The number of H-pyrrole nitrogens is 1. The van der Waals surface area contributed by atoms with Gasteiger partial charge in [0.05, 0.1) is 25.1 Å². The molecule has 2 aromatic rings. The van der Waals surface area contributed by atoms with Crippen LogP contribution in [0.25, 0.3) is 11.3 Å². The van der Waals surface area contributed by atoms with Gasteiger partial charge in [0.2, 0.25) is 0 Å². The summed E-state index contributed by atoms with van der Waals surface area (Å²) in [4.78, 5) is 2.37. The molecule has 0 unspecified atom stereocenters. The van der Waals surface area contributed by atoms with Crippen molar-refractivity contribution >= 4 is 0 Å². The number of aliphatic hydroxyl groups is 1. The molecular weight excluding hydrogens is 309 g/mol. The molecule has 0 aliphatic carbocycles. The Hall–Kier alpha value is -1.76. The van der Waals surface area contributed by atoms with Gasteiger partial charge in [-0.3, -0.25) is 10.00 Å². The summed E-state index contributed by atoms with van der Waals surface area (Å²) in [5, 5.41) is 17.1. The molecule has 0 amide bonds. The number of halogens is 1. The van der Waals surface area contributed by atoms with Crippen molar-refractivity contribution in [2.24, 2.45) is 11.3 Å². The van der Waals surface area contributed by atoms with Gasteiger partial charge in [0.25, 0.3) is 0 Å². The van der Waals surface area contributed by atoms with Gasteiger partial charge in [-0.2, -0.15) is 5.10 Å². The zero-order valence-electron chi connectivity index (χ0n) is 13.5. The van der Waals surface area contributed by atoms with Crippen LogP contribution in [0.15, 0.2) is 30.5 Å². The van der Waals surface area contributed by atoms with E-state index in [1.165, 1.54) is 12.1 Å². The molecule has 128 valence electrons. The molecule has 4 rings (SSSR count). The number of aliphatic hydroxyl groups excluding tert-OH is 1. The number of aromatic nitrogens is 2. The van der Waals surface area contributed by atoms with E-state index in [0.717, 1.165) is 56.1 Å². The number of nitrogens with one attached hydrogen (secondary N) is 1. The molecular formula is C18H22FN3O2. The van der Waals surface area contributed by atoms with E-state index in [9.17, 15) is 9.50 Å². The lowest BCUT2D eigenvalue weighted by Gasteiger charge is -2.36. The average molecular weight is 331 g/mol. The second-order valence-corrected chi connectivity index (χ2v) is 6.99. The predicted octanol–water partition coefficient (Wildman–Crippen LogP) is 2.05. The number of rotatable bonds is 4. The van der Waals surface area contributed by atoms with Gasteiger partial charge in [0, 0.05) is 48.7 Å². The Labute approximate surface area is 140 Å². The van der Waals surface area contributed by atoms with Crippen LogP contribution in [0.3, 0.4) is 0 Å². The second-order valence-electron chi connectivity index (χ2n) is 6.99. The van der Waals surface area contributed by atoms with Crippen LogP contribution in [-0.2, 0) is 11.3 Å². The zero-order chi connectivity index (χ0) is 16.6. The Bertz CT molecular complexity index is 703. The van der Waals surface area contributed by atoms with Gasteiger partial charge in [0.15, 0.2) is 0 Å². The van der Waals surface area contributed by atoms with Crippen LogP contribution in [0.5, 0.6) is 0 Å². The lowest BCUT2D eigenvalue weighted by molar-refractivity contribution is -0.0417. The van der Waals surface area contributed by atoms with Crippen molar-refractivity contribution in [1.82, 2.24) is 15.1 Å². The van der Waals surface area contributed by atoms with Gasteiger partial charge in [-0.05, 0) is 30.7 Å². The van der Waals surface area contributed by atoms with Gasteiger partial charge < -0.3 is 9.84 Å². The molecule has 2 aliphatic heterocycles. The summed E-state index contributed by atoms with van der Waals surface area (Å²) >= 11 is 0. The molecule has 0 radical (unpaired) electrons. The summed E-state index contributed by atoms with van der Waals surface area (Å²) in [7, 11) is 0. The molecule has 0 spiro atoms. The van der Waals surface area contributed by atoms with Crippen LogP contribution >= 0.6 is 0 Å². The molecule has 0 saturated carbocycles. The fraction of sp³-hybridized carbons (Fsp3) is 0.500. The van der Waals surface area contributed by atoms with Crippen LogP contribution in [-0.4, -0.2) is 53.1 Å². The Morgan fingerprint density at radius 1 is 1.38 bits per heavy atom. The Morgan fingerprint density at radius 2 is 2.21 bits per heavy atom. The van der Waals surface area contributed by atoms with Gasteiger partial charge in [-0.15, -0.1) is 0 Å². The third-order valence-corrected chi connectivity index (χ3v) is 5.51. The highest BCUT2D eigenvalue weighted by Gasteiger charge is 2.47. The molecule has 0 bridgehead atoms. The van der Waals surface area contributed by atoms with Crippen LogP contribution in [0, 0.1) is 17.2 Å². The molecule has 2 N–H and O–H groups in total. The summed E-state index contributed by atoms with van der Waals surface area (Å²) in [6.45, 7) is 4.25. The van der Waals surface area contributed by atoms with Crippen molar-refractivity contribution in [2.75, 3.05) is 32.9 Å². The lowest BCUT2D eigenvalue weighted by Crippen LogP contribution is -2.41. The third kappa shape index (κ3) is 2.75. The highest BCUT2D eigenvalue weighted by atomic mass is 19.1. The largest absolute Gasteiger partial charge is 0.396 e. The highest BCUT2D eigenvalue weighted by molar-refractivity contribution is 5.62. The van der Waals surface area contributed by atoms with Crippen molar-refractivity contribution < 1.29 is 14.2 Å². The first-order valence-corrected chi connectivity index (χ1v) is 8.39. The smallest absolute Gasteiger partial charge is 0.123 e. The Balaban J connectivity index is 1.53. The van der Waals surface area contributed by atoms with E-state index >= 15 is 0 Å². The minimum Gasteiger partial charge on any atom is -0.396 e. The van der Waals surface area contributed by atoms with E-state index in [0.29, 0.717) is 5.92 Å². The number of benzene rings is 1. The van der Waals surface area contributed by atoms with Crippen molar-refractivity contribution in [3.8, 4) is 11.3 Å². The summed E-state index contributed by atoms with van der Waals surface area (Å²) in [5.74, 6) is 0.144. The third-order valence-electron chi connectivity index (χ3n) is 5.51. The zero-order valence-corrected chi connectivity index (χ0v) is 13.5. The number of hydrogen-bond donors (Lipinski definition) is 2. The maximum atomic E-state index is 13.1. The summed E-state index contributed by atoms with van der Waals surface area (Å²) in [6, 6.07) is 6.45. The van der Waals surface area contributed by atoms with E-state index in [1.54, 1.807) is 12.1 Å². The molecule has 5 nitrogen and oxygen atoms in total.